The van der Waals surface area contributed by atoms with Crippen LogP contribution in [0.3, 0.4) is 0 Å². The van der Waals surface area contributed by atoms with E-state index < -0.39 is 0 Å². The Morgan fingerprint density at radius 3 is 2.34 bits per heavy atom. The number of rotatable bonds is 4. The predicted molar refractivity (Wildman–Crippen MR) is 135 cm³/mol. The van der Waals surface area contributed by atoms with Crippen LogP contribution in [0.5, 0.6) is 0 Å². The number of piperidine rings is 1. The average molecular weight is 479 g/mol. The first kappa shape index (κ1) is 24.4. The molecule has 4 rings (SSSR count). The van der Waals surface area contributed by atoms with Crippen molar-refractivity contribution in [3.63, 3.8) is 0 Å². The third kappa shape index (κ3) is 5.34. The molecule has 0 saturated carbocycles. The van der Waals surface area contributed by atoms with Gasteiger partial charge in [-0.15, -0.1) is 0 Å². The van der Waals surface area contributed by atoms with Gasteiger partial charge in [0.2, 0.25) is 23.7 Å². The van der Waals surface area contributed by atoms with Gasteiger partial charge in [-0.1, -0.05) is 24.3 Å². The normalized spacial score (nSPS) is 14.9. The van der Waals surface area contributed by atoms with Crippen LogP contribution < -0.4 is 4.90 Å². The number of hydrogen-bond acceptors (Lipinski definition) is 4. The topological polar surface area (TPSA) is 74.0 Å². The molecule has 9 heteroatoms. The predicted octanol–water partition coefficient (Wildman–Crippen LogP) is 3.51. The lowest BCUT2D eigenvalue weighted by Gasteiger charge is -2.39. The van der Waals surface area contributed by atoms with Crippen LogP contribution in [0.25, 0.3) is 11.0 Å². The largest absolute Gasteiger partial charge is 0.342 e. The summed E-state index contributed by atoms with van der Waals surface area (Å²) < 4.78 is 15.6. The first-order chi connectivity index (χ1) is 16.7. The summed E-state index contributed by atoms with van der Waals surface area (Å²) in [6.45, 7) is 4.96. The van der Waals surface area contributed by atoms with Crippen LogP contribution in [-0.4, -0.2) is 70.4 Å². The van der Waals surface area contributed by atoms with Gasteiger partial charge in [0.1, 0.15) is 5.82 Å². The third-order valence-corrected chi connectivity index (χ3v) is 6.53. The molecular weight excluding hydrogens is 447 g/mol. The maximum absolute atomic E-state index is 13.4. The van der Waals surface area contributed by atoms with Gasteiger partial charge in [-0.3, -0.25) is 14.5 Å². The van der Waals surface area contributed by atoms with Crippen molar-refractivity contribution in [3.05, 3.63) is 59.9 Å². The van der Waals surface area contributed by atoms with E-state index in [1.54, 1.807) is 19.2 Å². The Hall–Kier alpha value is -3.75. The van der Waals surface area contributed by atoms with Crippen molar-refractivity contribution in [1.29, 1.82) is 0 Å². The van der Waals surface area contributed by atoms with E-state index in [2.05, 4.69) is 20.5 Å². The molecule has 2 aromatic carbocycles. The number of carbonyl (C=O) groups is 2. The highest BCUT2D eigenvalue weighted by Gasteiger charge is 2.29. The SMILES string of the molecule is CC(=O)N=C(N(C)C(C)=O)N(C)C1CCN(c2nc3ccccc3n2Cc2ccc(F)cc2)CC1. The molecule has 2 amide bonds. The average Bonchev–Trinajstić information content (AvgIpc) is 3.21. The van der Waals surface area contributed by atoms with Crippen LogP contribution in [-0.2, 0) is 16.1 Å². The number of fused-ring (bicyclic) bond motifs is 1. The molecule has 3 aromatic rings. The second-order valence-electron chi connectivity index (χ2n) is 8.95. The second-order valence-corrected chi connectivity index (χ2v) is 8.95. The summed E-state index contributed by atoms with van der Waals surface area (Å²) in [7, 11) is 3.51. The van der Waals surface area contributed by atoms with Gasteiger partial charge in [-0.25, -0.2) is 9.37 Å². The Morgan fingerprint density at radius 2 is 1.71 bits per heavy atom. The summed E-state index contributed by atoms with van der Waals surface area (Å²) >= 11 is 0. The van der Waals surface area contributed by atoms with E-state index in [0.29, 0.717) is 12.5 Å². The minimum Gasteiger partial charge on any atom is -0.342 e. The van der Waals surface area contributed by atoms with Gasteiger partial charge in [0, 0.05) is 47.1 Å². The van der Waals surface area contributed by atoms with Gasteiger partial charge in [-0.05, 0) is 42.7 Å². The number of benzene rings is 2. The maximum atomic E-state index is 13.4. The lowest BCUT2D eigenvalue weighted by atomic mass is 10.0. The molecule has 1 fully saturated rings. The van der Waals surface area contributed by atoms with E-state index in [0.717, 1.165) is 48.5 Å². The zero-order valence-electron chi connectivity index (χ0n) is 20.6. The zero-order chi connectivity index (χ0) is 25.1. The van der Waals surface area contributed by atoms with Gasteiger partial charge in [0.25, 0.3) is 0 Å². The minimum absolute atomic E-state index is 0.126. The van der Waals surface area contributed by atoms with Crippen molar-refractivity contribution >= 4 is 34.8 Å². The van der Waals surface area contributed by atoms with Gasteiger partial charge >= 0.3 is 0 Å². The summed E-state index contributed by atoms with van der Waals surface area (Å²) in [5.41, 5.74) is 2.95. The molecule has 0 N–H and O–H groups in total. The summed E-state index contributed by atoms with van der Waals surface area (Å²) in [6, 6.07) is 14.7. The number of halogens is 1. The summed E-state index contributed by atoms with van der Waals surface area (Å²) in [4.78, 5) is 38.3. The van der Waals surface area contributed by atoms with Crippen molar-refractivity contribution in [1.82, 2.24) is 19.4 Å². The number of imidazole rings is 1. The van der Waals surface area contributed by atoms with Gasteiger partial charge < -0.3 is 14.4 Å². The quantitative estimate of drug-likeness (QED) is 0.424. The lowest BCUT2D eigenvalue weighted by Crippen LogP contribution is -2.51. The van der Waals surface area contributed by atoms with E-state index in [4.69, 9.17) is 4.98 Å². The van der Waals surface area contributed by atoms with Crippen molar-refractivity contribution in [2.75, 3.05) is 32.1 Å². The highest BCUT2D eigenvalue weighted by Crippen LogP contribution is 2.27. The summed E-state index contributed by atoms with van der Waals surface area (Å²) in [5, 5.41) is 0. The van der Waals surface area contributed by atoms with E-state index in [-0.39, 0.29) is 23.7 Å². The van der Waals surface area contributed by atoms with Crippen LogP contribution in [0.15, 0.2) is 53.5 Å². The number of anilines is 1. The molecule has 8 nitrogen and oxygen atoms in total. The fraction of sp³-hybridized carbons (Fsp3) is 0.385. The van der Waals surface area contributed by atoms with Crippen LogP contribution in [0.1, 0.15) is 32.3 Å². The molecule has 0 spiro atoms. The molecule has 184 valence electrons. The molecule has 0 atom stereocenters. The molecule has 0 unspecified atom stereocenters. The Labute approximate surface area is 204 Å². The maximum Gasteiger partial charge on any atom is 0.245 e. The molecule has 1 aliphatic heterocycles. The monoisotopic (exact) mass is 478 g/mol. The number of carbonyl (C=O) groups excluding carboxylic acids is 2. The Bertz CT molecular complexity index is 1240. The van der Waals surface area contributed by atoms with E-state index >= 15 is 0 Å². The first-order valence-corrected chi connectivity index (χ1v) is 11.8. The van der Waals surface area contributed by atoms with Crippen LogP contribution >= 0.6 is 0 Å². The van der Waals surface area contributed by atoms with Gasteiger partial charge in [0.05, 0.1) is 17.6 Å². The van der Waals surface area contributed by atoms with Crippen molar-refractivity contribution in [2.45, 2.75) is 39.3 Å². The Kier molecular flexibility index (Phi) is 7.14. The van der Waals surface area contributed by atoms with Crippen LogP contribution in [0.4, 0.5) is 10.3 Å². The highest BCUT2D eigenvalue weighted by atomic mass is 19.1. The van der Waals surface area contributed by atoms with Crippen LogP contribution in [0, 0.1) is 5.82 Å². The van der Waals surface area contributed by atoms with Crippen molar-refractivity contribution in [2.24, 2.45) is 4.99 Å². The molecule has 1 saturated heterocycles. The molecule has 0 aliphatic carbocycles. The third-order valence-electron chi connectivity index (χ3n) is 6.53. The van der Waals surface area contributed by atoms with E-state index in [1.807, 2.05) is 30.1 Å². The van der Waals surface area contributed by atoms with E-state index in [9.17, 15) is 14.0 Å². The summed E-state index contributed by atoms with van der Waals surface area (Å²) in [5.74, 6) is 0.483. The fourth-order valence-corrected chi connectivity index (χ4v) is 4.52. The zero-order valence-corrected chi connectivity index (χ0v) is 20.6. The lowest BCUT2D eigenvalue weighted by molar-refractivity contribution is -0.124. The number of aromatic nitrogens is 2. The number of hydrogen-bond donors (Lipinski definition) is 0. The molecule has 0 radical (unpaired) electrons. The molecule has 1 aliphatic rings. The minimum atomic E-state index is -0.341. The Morgan fingerprint density at radius 1 is 1.06 bits per heavy atom. The molecule has 35 heavy (non-hydrogen) atoms. The first-order valence-electron chi connectivity index (χ1n) is 11.8. The highest BCUT2D eigenvalue weighted by molar-refractivity contribution is 6.00. The van der Waals surface area contributed by atoms with E-state index in [1.165, 1.54) is 30.9 Å². The molecular formula is C26H31FN6O2. The number of para-hydroxylation sites is 2. The smallest absolute Gasteiger partial charge is 0.245 e. The second kappa shape index (κ2) is 10.2. The van der Waals surface area contributed by atoms with Crippen LogP contribution in [0.2, 0.25) is 0 Å². The number of amides is 2. The fourth-order valence-electron chi connectivity index (χ4n) is 4.52. The number of guanidine groups is 1. The number of aliphatic imine (C=N–C) groups is 1. The Balaban J connectivity index is 1.55. The standard InChI is InChI=1S/C26H31FN6O2/c1-18(34)28-25(30(3)19(2)35)31(4)22-13-15-32(16-14-22)26-29-23-7-5-6-8-24(23)33(26)17-20-9-11-21(27)12-10-20/h5-12,22H,13-17H2,1-4H3. The molecule has 2 heterocycles. The van der Waals surface area contributed by atoms with Crippen molar-refractivity contribution < 1.29 is 14.0 Å². The number of nitrogens with zero attached hydrogens (tertiary/aromatic N) is 6. The summed E-state index contributed by atoms with van der Waals surface area (Å²) in [6.07, 6.45) is 1.64. The van der Waals surface area contributed by atoms with Gasteiger partial charge in [0.15, 0.2) is 0 Å². The van der Waals surface area contributed by atoms with Crippen molar-refractivity contribution in [3.8, 4) is 0 Å². The molecule has 0 bridgehead atoms. The molecule has 1 aromatic heterocycles. The van der Waals surface area contributed by atoms with Gasteiger partial charge in [-0.2, -0.15) is 4.99 Å².